The van der Waals surface area contributed by atoms with Crippen molar-refractivity contribution in [2.75, 3.05) is 19.5 Å². The van der Waals surface area contributed by atoms with Crippen molar-refractivity contribution in [2.24, 2.45) is 10.7 Å². The second-order valence-electron chi connectivity index (χ2n) is 4.67. The fraction of sp³-hybridized carbons (Fsp3) is 0.188. The molecule has 0 aliphatic heterocycles. The number of benzene rings is 2. The van der Waals surface area contributed by atoms with E-state index in [1.54, 1.807) is 38.5 Å². The Labute approximate surface area is 165 Å². The average molecular weight is 510 g/mol. The molecule has 2 aromatic rings. The Morgan fingerprint density at radius 3 is 2.58 bits per heavy atom. The molecule has 24 heavy (non-hydrogen) atoms. The summed E-state index contributed by atoms with van der Waals surface area (Å²) >= 11 is 3.24. The highest BCUT2D eigenvalue weighted by molar-refractivity contribution is 14.0. The minimum absolute atomic E-state index is 0. The molecule has 2 rings (SSSR count). The first-order valence-electron chi connectivity index (χ1n) is 6.75. The molecule has 8 heteroatoms. The highest BCUT2D eigenvalue weighted by Gasteiger charge is 2.06. The monoisotopic (exact) mass is 509 g/mol. The summed E-state index contributed by atoms with van der Waals surface area (Å²) in [5.41, 5.74) is 7.22. The number of nitrogens with two attached hydrogens (primary N) is 1. The van der Waals surface area contributed by atoms with Crippen LogP contribution in [-0.2, 0) is 6.54 Å². The fourth-order valence-corrected chi connectivity index (χ4v) is 2.48. The van der Waals surface area contributed by atoms with E-state index in [-0.39, 0.29) is 42.3 Å². The lowest BCUT2D eigenvalue weighted by molar-refractivity contribution is 0.405. The van der Waals surface area contributed by atoms with Crippen LogP contribution in [0.1, 0.15) is 5.56 Å². The molecule has 0 saturated carbocycles. The van der Waals surface area contributed by atoms with Crippen LogP contribution in [0.3, 0.4) is 0 Å². The first-order chi connectivity index (χ1) is 11.0. The second kappa shape index (κ2) is 9.67. The van der Waals surface area contributed by atoms with Crippen molar-refractivity contribution in [2.45, 2.75) is 6.54 Å². The SMILES string of the molecule is COc1ccc(OC)c(NC(N)=NCc2cc(F)cc(Br)c2)c1.I. The van der Waals surface area contributed by atoms with Crippen molar-refractivity contribution in [1.82, 2.24) is 0 Å². The molecule has 5 nitrogen and oxygen atoms in total. The minimum Gasteiger partial charge on any atom is -0.497 e. The van der Waals surface area contributed by atoms with Gasteiger partial charge in [0.25, 0.3) is 0 Å². The molecule has 0 fully saturated rings. The van der Waals surface area contributed by atoms with Gasteiger partial charge in [0.1, 0.15) is 17.3 Å². The number of nitrogens with one attached hydrogen (secondary N) is 1. The Bertz CT molecular complexity index is 708. The highest BCUT2D eigenvalue weighted by Crippen LogP contribution is 2.28. The molecule has 0 amide bonds. The van der Waals surface area contributed by atoms with Crippen molar-refractivity contribution < 1.29 is 13.9 Å². The van der Waals surface area contributed by atoms with Crippen LogP contribution in [0, 0.1) is 5.82 Å². The van der Waals surface area contributed by atoms with Crippen LogP contribution in [0.25, 0.3) is 0 Å². The van der Waals surface area contributed by atoms with E-state index in [0.29, 0.717) is 27.2 Å². The van der Waals surface area contributed by atoms with E-state index in [0.717, 1.165) is 0 Å². The molecule has 0 aliphatic rings. The quantitative estimate of drug-likeness (QED) is 0.361. The first-order valence-corrected chi connectivity index (χ1v) is 7.55. The van der Waals surface area contributed by atoms with Crippen LogP contribution < -0.4 is 20.5 Å². The number of hydrogen-bond acceptors (Lipinski definition) is 3. The summed E-state index contributed by atoms with van der Waals surface area (Å²) in [6, 6.07) is 9.87. The van der Waals surface area contributed by atoms with Gasteiger partial charge in [-0.25, -0.2) is 9.38 Å². The van der Waals surface area contributed by atoms with Crippen LogP contribution in [0.15, 0.2) is 45.9 Å². The van der Waals surface area contributed by atoms with Gasteiger partial charge in [-0.1, -0.05) is 15.9 Å². The highest BCUT2D eigenvalue weighted by atomic mass is 127. The van der Waals surface area contributed by atoms with Crippen LogP contribution >= 0.6 is 39.9 Å². The van der Waals surface area contributed by atoms with Crippen LogP contribution in [0.4, 0.5) is 10.1 Å². The van der Waals surface area contributed by atoms with Crippen molar-refractivity contribution in [3.05, 3.63) is 52.3 Å². The maximum absolute atomic E-state index is 13.3. The summed E-state index contributed by atoms with van der Waals surface area (Å²) in [6.07, 6.45) is 0. The summed E-state index contributed by atoms with van der Waals surface area (Å²) in [5.74, 6) is 1.13. The lowest BCUT2D eigenvalue weighted by Crippen LogP contribution is -2.23. The molecule has 0 aromatic heterocycles. The van der Waals surface area contributed by atoms with Crippen LogP contribution in [-0.4, -0.2) is 20.2 Å². The zero-order chi connectivity index (χ0) is 16.8. The predicted octanol–water partition coefficient (Wildman–Crippen LogP) is 4.15. The summed E-state index contributed by atoms with van der Waals surface area (Å²) < 4.78 is 24.4. The maximum Gasteiger partial charge on any atom is 0.193 e. The van der Waals surface area contributed by atoms with Gasteiger partial charge in [-0.2, -0.15) is 0 Å². The lowest BCUT2D eigenvalue weighted by Gasteiger charge is -2.12. The van der Waals surface area contributed by atoms with Crippen molar-refractivity contribution in [3.63, 3.8) is 0 Å². The van der Waals surface area contributed by atoms with E-state index >= 15 is 0 Å². The smallest absolute Gasteiger partial charge is 0.193 e. The van der Waals surface area contributed by atoms with Crippen molar-refractivity contribution >= 4 is 51.6 Å². The number of ether oxygens (including phenoxy) is 2. The second-order valence-corrected chi connectivity index (χ2v) is 5.59. The molecule has 2 aromatic carbocycles. The van der Waals surface area contributed by atoms with E-state index in [1.807, 2.05) is 0 Å². The summed E-state index contributed by atoms with van der Waals surface area (Å²) in [6.45, 7) is 0.251. The van der Waals surface area contributed by atoms with Gasteiger partial charge in [0.05, 0.1) is 26.5 Å². The summed E-state index contributed by atoms with van der Waals surface area (Å²) in [5, 5.41) is 2.95. The van der Waals surface area contributed by atoms with E-state index in [1.165, 1.54) is 12.1 Å². The molecule has 0 unspecified atom stereocenters. The van der Waals surface area contributed by atoms with Gasteiger partial charge >= 0.3 is 0 Å². The Morgan fingerprint density at radius 2 is 1.96 bits per heavy atom. The Morgan fingerprint density at radius 1 is 1.21 bits per heavy atom. The topological polar surface area (TPSA) is 68.9 Å². The third-order valence-electron chi connectivity index (χ3n) is 3.02. The molecule has 130 valence electrons. The minimum atomic E-state index is -0.328. The van der Waals surface area contributed by atoms with E-state index in [2.05, 4.69) is 26.2 Å². The molecular formula is C16H18BrFIN3O2. The zero-order valence-corrected chi connectivity index (χ0v) is 17.1. The number of guanidine groups is 1. The normalized spacial score (nSPS) is 10.8. The molecule has 0 aliphatic carbocycles. The molecule has 0 saturated heterocycles. The summed E-state index contributed by atoms with van der Waals surface area (Å²) in [4.78, 5) is 4.20. The maximum atomic E-state index is 13.3. The third-order valence-corrected chi connectivity index (χ3v) is 3.48. The standard InChI is InChI=1S/C16H17BrFN3O2.HI/c1-22-13-3-4-15(23-2)14(8-13)21-16(19)20-9-10-5-11(17)7-12(18)6-10;/h3-8H,9H2,1-2H3,(H3,19,20,21);1H. The Balaban J connectivity index is 0.00000288. The molecule has 0 spiro atoms. The van der Waals surface area contributed by atoms with Gasteiger partial charge < -0.3 is 20.5 Å². The molecule has 0 atom stereocenters. The molecule has 0 bridgehead atoms. The number of halogens is 3. The number of aliphatic imine (C=N–C) groups is 1. The average Bonchev–Trinajstić information content (AvgIpc) is 2.52. The number of anilines is 1. The predicted molar refractivity (Wildman–Crippen MR) is 108 cm³/mol. The van der Waals surface area contributed by atoms with Gasteiger partial charge in [-0.05, 0) is 35.9 Å². The number of nitrogens with zero attached hydrogens (tertiary/aromatic N) is 1. The zero-order valence-electron chi connectivity index (χ0n) is 13.2. The number of rotatable bonds is 5. The van der Waals surface area contributed by atoms with Crippen LogP contribution in [0.5, 0.6) is 11.5 Å². The number of methoxy groups -OCH3 is 2. The first kappa shape index (κ1) is 20.5. The van der Waals surface area contributed by atoms with E-state index in [4.69, 9.17) is 15.2 Å². The Kier molecular flexibility index (Phi) is 8.26. The van der Waals surface area contributed by atoms with Crippen molar-refractivity contribution in [3.8, 4) is 11.5 Å². The molecule has 0 heterocycles. The third kappa shape index (κ3) is 5.82. The van der Waals surface area contributed by atoms with E-state index in [9.17, 15) is 4.39 Å². The van der Waals surface area contributed by atoms with Gasteiger partial charge in [0.15, 0.2) is 5.96 Å². The summed E-state index contributed by atoms with van der Waals surface area (Å²) in [7, 11) is 3.13. The largest absolute Gasteiger partial charge is 0.497 e. The van der Waals surface area contributed by atoms with Gasteiger partial charge in [0, 0.05) is 10.5 Å². The lowest BCUT2D eigenvalue weighted by atomic mass is 10.2. The fourth-order valence-electron chi connectivity index (χ4n) is 1.97. The van der Waals surface area contributed by atoms with E-state index < -0.39 is 0 Å². The van der Waals surface area contributed by atoms with Crippen molar-refractivity contribution in [1.29, 1.82) is 0 Å². The van der Waals surface area contributed by atoms with Crippen LogP contribution in [0.2, 0.25) is 0 Å². The molecular weight excluding hydrogens is 492 g/mol. The van der Waals surface area contributed by atoms with Gasteiger partial charge in [-0.15, -0.1) is 24.0 Å². The number of hydrogen-bond donors (Lipinski definition) is 2. The van der Waals surface area contributed by atoms with Gasteiger partial charge in [0.2, 0.25) is 0 Å². The van der Waals surface area contributed by atoms with Gasteiger partial charge in [-0.3, -0.25) is 0 Å². The molecule has 0 radical (unpaired) electrons. The molecule has 3 N–H and O–H groups in total. The Hall–Kier alpha value is -1.55.